The Hall–Kier alpha value is -2.40. The molecule has 2 N–H and O–H groups in total. The summed E-state index contributed by atoms with van der Waals surface area (Å²) in [5.41, 5.74) is -0.685. The lowest BCUT2D eigenvalue weighted by molar-refractivity contribution is -0.165. The van der Waals surface area contributed by atoms with Gasteiger partial charge < -0.3 is 14.2 Å². The lowest BCUT2D eigenvalue weighted by Crippen LogP contribution is -2.71. The van der Waals surface area contributed by atoms with Crippen LogP contribution in [0.5, 0.6) is 0 Å². The van der Waals surface area contributed by atoms with Gasteiger partial charge >= 0.3 is 0 Å². The molecule has 3 unspecified atom stereocenters. The monoisotopic (exact) mass is 403 g/mol. The van der Waals surface area contributed by atoms with E-state index >= 15 is 0 Å². The molecule has 10 nitrogen and oxygen atoms in total. The van der Waals surface area contributed by atoms with Crippen molar-refractivity contribution in [1.29, 1.82) is 0 Å². The van der Waals surface area contributed by atoms with Crippen molar-refractivity contribution < 1.29 is 14.0 Å². The summed E-state index contributed by atoms with van der Waals surface area (Å²) < 4.78 is 5.13. The highest BCUT2D eigenvalue weighted by Gasteiger charge is 2.67. The van der Waals surface area contributed by atoms with Crippen LogP contribution < -0.4 is 5.32 Å². The highest BCUT2D eigenvalue weighted by molar-refractivity contribution is 8.01. The van der Waals surface area contributed by atoms with E-state index in [0.717, 1.165) is 0 Å². The first-order valence-corrected chi connectivity index (χ1v) is 9.98. The molecule has 2 aromatic heterocycles. The van der Waals surface area contributed by atoms with Gasteiger partial charge in [0.15, 0.2) is 5.82 Å². The topological polar surface area (TPSA) is 120 Å². The van der Waals surface area contributed by atoms with Crippen LogP contribution in [0.4, 0.5) is 0 Å². The molecule has 0 radical (unpaired) electrons. The summed E-state index contributed by atoms with van der Waals surface area (Å²) in [6, 6.07) is 2.08. The summed E-state index contributed by atoms with van der Waals surface area (Å²) in [7, 11) is 0. The van der Waals surface area contributed by atoms with E-state index in [1.807, 2.05) is 13.8 Å². The Morgan fingerprint density at radius 2 is 2.00 bits per heavy atom. The lowest BCUT2D eigenvalue weighted by Gasteiger charge is -2.50. The van der Waals surface area contributed by atoms with Gasteiger partial charge in [-0.25, -0.2) is 0 Å². The van der Waals surface area contributed by atoms with E-state index in [1.165, 1.54) is 0 Å². The number of amides is 2. The number of nitrogens with zero attached hydrogens (tertiary/aromatic N) is 5. The maximum atomic E-state index is 13.2. The zero-order chi connectivity index (χ0) is 19.8. The Bertz CT molecular complexity index is 927. The Morgan fingerprint density at radius 3 is 2.64 bits per heavy atom. The zero-order valence-corrected chi connectivity index (χ0v) is 16.7. The second kappa shape index (κ2) is 5.57. The summed E-state index contributed by atoms with van der Waals surface area (Å²) >= 11 is 1.66. The third-order valence-electron chi connectivity index (χ3n) is 5.71. The lowest BCUT2D eigenvalue weighted by atomic mass is 9.93. The Labute approximate surface area is 165 Å². The maximum absolute atomic E-state index is 13.2. The number of thioether (sulfide) groups is 1. The molecule has 148 valence electrons. The summed E-state index contributed by atoms with van der Waals surface area (Å²) in [4.78, 5) is 29.9. The van der Waals surface area contributed by atoms with Gasteiger partial charge in [-0.2, -0.15) is 5.21 Å². The molecule has 28 heavy (non-hydrogen) atoms. The molecule has 2 aromatic rings. The van der Waals surface area contributed by atoms with Gasteiger partial charge in [-0.3, -0.25) is 14.9 Å². The SMILES string of the molecule is CC1(C)S[C@@H]2C(N3C(=O)C(c4ccco4)NC3(C)C)C(=O)N2C1c1nn[nH]n1. The van der Waals surface area contributed by atoms with Crippen LogP contribution in [0.2, 0.25) is 0 Å². The van der Waals surface area contributed by atoms with Crippen molar-refractivity contribution >= 4 is 23.6 Å². The number of carbonyl (C=O) groups excluding carboxylic acids is 2. The Morgan fingerprint density at radius 1 is 1.21 bits per heavy atom. The van der Waals surface area contributed by atoms with Gasteiger partial charge in [-0.15, -0.1) is 22.0 Å². The highest BCUT2D eigenvalue weighted by atomic mass is 32.2. The molecule has 0 spiro atoms. The number of β-lactam (4-membered cyclic amide) rings is 1. The van der Waals surface area contributed by atoms with Crippen LogP contribution >= 0.6 is 11.8 Å². The number of nitrogens with one attached hydrogen (secondary N) is 2. The normalized spacial score (nSPS) is 33.3. The van der Waals surface area contributed by atoms with Crippen molar-refractivity contribution in [3.8, 4) is 0 Å². The number of aromatic nitrogens is 4. The minimum absolute atomic E-state index is 0.0961. The molecule has 4 atom stereocenters. The van der Waals surface area contributed by atoms with Crippen LogP contribution in [0, 0.1) is 0 Å². The first-order chi connectivity index (χ1) is 13.2. The van der Waals surface area contributed by atoms with Gasteiger partial charge in [0.05, 0.1) is 11.9 Å². The average Bonchev–Trinajstić information content (AvgIpc) is 3.38. The van der Waals surface area contributed by atoms with Crippen molar-refractivity contribution in [2.45, 2.75) is 61.6 Å². The van der Waals surface area contributed by atoms with Crippen molar-refractivity contribution in [2.24, 2.45) is 0 Å². The molecule has 2 amide bonds. The van der Waals surface area contributed by atoms with Gasteiger partial charge in [-0.1, -0.05) is 5.21 Å². The minimum atomic E-state index is -0.685. The average molecular weight is 403 g/mol. The summed E-state index contributed by atoms with van der Waals surface area (Å²) in [5, 5.41) is 17.4. The molecular weight excluding hydrogens is 382 g/mol. The van der Waals surface area contributed by atoms with Gasteiger partial charge in [-0.05, 0) is 39.8 Å². The van der Waals surface area contributed by atoms with E-state index < -0.39 is 17.7 Å². The Balaban J connectivity index is 1.47. The molecule has 3 saturated heterocycles. The minimum Gasteiger partial charge on any atom is -0.467 e. The number of rotatable bonds is 3. The molecule has 0 aromatic carbocycles. The second-order valence-electron chi connectivity index (χ2n) is 8.33. The molecule has 5 heterocycles. The number of fused-ring (bicyclic) bond motifs is 1. The number of furan rings is 1. The third kappa shape index (κ3) is 2.23. The number of aromatic amines is 1. The van der Waals surface area contributed by atoms with Crippen LogP contribution in [0.1, 0.15) is 51.4 Å². The molecule has 5 rings (SSSR count). The molecule has 3 fully saturated rings. The largest absolute Gasteiger partial charge is 0.467 e. The third-order valence-corrected chi connectivity index (χ3v) is 7.27. The van der Waals surface area contributed by atoms with Crippen LogP contribution in [-0.4, -0.2) is 64.1 Å². The van der Waals surface area contributed by atoms with Crippen LogP contribution in [-0.2, 0) is 9.59 Å². The standard InChI is InChI=1S/C17H21N7O3S/c1-16(2)11(12-19-21-22-20-12)23-14(26)10(15(23)28-16)24-13(25)9(18-17(24,3)4)8-6-5-7-27-8/h5-7,9-11,15,18H,1-4H3,(H,19,20,21,22)/t9?,10?,11?,15-/m1/s1. The van der Waals surface area contributed by atoms with Gasteiger partial charge in [0, 0.05) is 4.75 Å². The molecule has 3 aliphatic rings. The predicted molar refractivity (Wildman–Crippen MR) is 98.5 cm³/mol. The first-order valence-electron chi connectivity index (χ1n) is 9.10. The fraction of sp³-hybridized carbons (Fsp3) is 0.588. The van der Waals surface area contributed by atoms with E-state index in [-0.39, 0.29) is 28.0 Å². The van der Waals surface area contributed by atoms with E-state index in [1.54, 1.807) is 40.0 Å². The van der Waals surface area contributed by atoms with E-state index in [4.69, 9.17) is 4.42 Å². The van der Waals surface area contributed by atoms with Gasteiger partial charge in [0.25, 0.3) is 0 Å². The van der Waals surface area contributed by atoms with Crippen molar-refractivity contribution in [1.82, 2.24) is 35.7 Å². The van der Waals surface area contributed by atoms with Crippen molar-refractivity contribution in [3.05, 3.63) is 30.0 Å². The van der Waals surface area contributed by atoms with E-state index in [0.29, 0.717) is 11.6 Å². The number of tetrazole rings is 1. The van der Waals surface area contributed by atoms with Crippen LogP contribution in [0.3, 0.4) is 0 Å². The molecule has 0 bridgehead atoms. The second-order valence-corrected chi connectivity index (χ2v) is 10.1. The summed E-state index contributed by atoms with van der Waals surface area (Å²) in [5.74, 6) is 0.791. The number of hydrogen-bond donors (Lipinski definition) is 2. The first kappa shape index (κ1) is 17.7. The molecule has 3 aliphatic heterocycles. The van der Waals surface area contributed by atoms with Gasteiger partial charge in [0.1, 0.15) is 29.3 Å². The van der Waals surface area contributed by atoms with Crippen molar-refractivity contribution in [2.75, 3.05) is 0 Å². The van der Waals surface area contributed by atoms with Gasteiger partial charge in [0.2, 0.25) is 11.8 Å². The van der Waals surface area contributed by atoms with Crippen molar-refractivity contribution in [3.63, 3.8) is 0 Å². The molecule has 11 heteroatoms. The van der Waals surface area contributed by atoms with Crippen LogP contribution in [0.25, 0.3) is 0 Å². The Kier molecular flexibility index (Phi) is 3.52. The maximum Gasteiger partial charge on any atom is 0.250 e. The zero-order valence-electron chi connectivity index (χ0n) is 15.9. The quantitative estimate of drug-likeness (QED) is 0.722. The van der Waals surface area contributed by atoms with E-state index in [9.17, 15) is 9.59 Å². The fourth-order valence-corrected chi connectivity index (χ4v) is 6.24. The number of carbonyl (C=O) groups is 2. The number of H-pyrrole nitrogens is 1. The molecular formula is C17H21N7O3S. The fourth-order valence-electron chi connectivity index (χ4n) is 4.57. The number of hydrogen-bond acceptors (Lipinski definition) is 8. The summed E-state index contributed by atoms with van der Waals surface area (Å²) in [6.07, 6.45) is 1.54. The highest BCUT2D eigenvalue weighted by Crippen LogP contribution is 2.58. The van der Waals surface area contributed by atoms with E-state index in [2.05, 4.69) is 39.8 Å². The molecule has 0 saturated carbocycles. The summed E-state index contributed by atoms with van der Waals surface area (Å²) in [6.45, 7) is 7.93. The van der Waals surface area contributed by atoms with Crippen LogP contribution in [0.15, 0.2) is 22.8 Å². The molecule has 0 aliphatic carbocycles. The predicted octanol–water partition coefficient (Wildman–Crippen LogP) is 0.805. The smallest absolute Gasteiger partial charge is 0.250 e.